The molecule has 1 aromatic rings. The van der Waals surface area contributed by atoms with Crippen LogP contribution in [0.4, 0.5) is 0 Å². The molecule has 0 aliphatic heterocycles. The molecule has 0 bridgehead atoms. The minimum atomic E-state index is 0.278. The van der Waals surface area contributed by atoms with Crippen molar-refractivity contribution in [2.24, 2.45) is 0 Å². The van der Waals surface area contributed by atoms with Crippen LogP contribution in [0.1, 0.15) is 31.7 Å². The third kappa shape index (κ3) is 3.51. The first-order chi connectivity index (χ1) is 6.74. The van der Waals surface area contributed by atoms with Crippen LogP contribution in [0.15, 0.2) is 24.3 Å². The number of carbonyl (C=O) groups excluding carboxylic acids is 1. The van der Waals surface area contributed by atoms with Gasteiger partial charge in [0.1, 0.15) is 5.78 Å². The van der Waals surface area contributed by atoms with Gasteiger partial charge in [0.15, 0.2) is 0 Å². The minimum Gasteiger partial charge on any atom is -0.299 e. The molecule has 0 aromatic heterocycles. The Morgan fingerprint density at radius 2 is 2.07 bits per heavy atom. The summed E-state index contributed by atoms with van der Waals surface area (Å²) in [7, 11) is 0. The number of halogens is 1. The molecule has 2 heteroatoms. The molecule has 1 rings (SSSR count). The van der Waals surface area contributed by atoms with E-state index in [1.165, 1.54) is 0 Å². The summed E-state index contributed by atoms with van der Waals surface area (Å²) in [5, 5.41) is 0.692. The predicted octanol–water partition coefficient (Wildman–Crippen LogP) is 3.64. The van der Waals surface area contributed by atoms with E-state index in [1.807, 2.05) is 24.3 Å². The van der Waals surface area contributed by atoms with Crippen LogP contribution >= 0.6 is 11.6 Å². The number of Topliss-reactive ketones (excluding diaryl/α,β-unsaturated/α-hetero) is 1. The van der Waals surface area contributed by atoms with Crippen molar-refractivity contribution >= 4 is 17.4 Å². The van der Waals surface area contributed by atoms with Gasteiger partial charge in [-0.2, -0.15) is 0 Å². The van der Waals surface area contributed by atoms with Gasteiger partial charge in [-0.15, -0.1) is 0 Å². The fourth-order valence-corrected chi connectivity index (χ4v) is 1.52. The van der Waals surface area contributed by atoms with E-state index >= 15 is 0 Å². The Labute approximate surface area is 90.1 Å². The van der Waals surface area contributed by atoms with Gasteiger partial charge in [-0.25, -0.2) is 0 Å². The molecule has 14 heavy (non-hydrogen) atoms. The van der Waals surface area contributed by atoms with Crippen molar-refractivity contribution in [2.75, 3.05) is 0 Å². The van der Waals surface area contributed by atoms with Crippen LogP contribution in [-0.2, 0) is 11.2 Å². The van der Waals surface area contributed by atoms with Crippen LogP contribution in [0.2, 0.25) is 5.02 Å². The lowest BCUT2D eigenvalue weighted by molar-refractivity contribution is -0.118. The third-order valence-electron chi connectivity index (χ3n) is 2.15. The maximum atomic E-state index is 11.5. The zero-order valence-corrected chi connectivity index (χ0v) is 9.18. The van der Waals surface area contributed by atoms with E-state index < -0.39 is 0 Å². The highest BCUT2D eigenvalue weighted by Gasteiger charge is 2.05. The number of benzene rings is 1. The molecule has 0 amide bonds. The highest BCUT2D eigenvalue weighted by molar-refractivity contribution is 6.31. The predicted molar refractivity (Wildman–Crippen MR) is 59.7 cm³/mol. The minimum absolute atomic E-state index is 0.278. The van der Waals surface area contributed by atoms with E-state index in [9.17, 15) is 4.79 Å². The Hall–Kier alpha value is -0.820. The molecule has 0 saturated heterocycles. The van der Waals surface area contributed by atoms with Crippen molar-refractivity contribution in [1.29, 1.82) is 0 Å². The molecule has 1 aromatic carbocycles. The molecule has 0 atom stereocenters. The van der Waals surface area contributed by atoms with Gasteiger partial charge < -0.3 is 0 Å². The molecule has 0 N–H and O–H groups in total. The van der Waals surface area contributed by atoms with Crippen molar-refractivity contribution in [1.82, 2.24) is 0 Å². The summed E-state index contributed by atoms with van der Waals surface area (Å²) in [6.45, 7) is 2.09. The monoisotopic (exact) mass is 210 g/mol. The fourth-order valence-electron chi connectivity index (χ4n) is 1.32. The molecule has 0 radical (unpaired) electrons. The molecular formula is C12H15ClO. The third-order valence-corrected chi connectivity index (χ3v) is 2.52. The highest BCUT2D eigenvalue weighted by Crippen LogP contribution is 2.16. The second-order valence-electron chi connectivity index (χ2n) is 3.41. The Morgan fingerprint density at radius 1 is 1.36 bits per heavy atom. The van der Waals surface area contributed by atoms with E-state index in [4.69, 9.17) is 11.6 Å². The van der Waals surface area contributed by atoms with Gasteiger partial charge in [-0.1, -0.05) is 43.1 Å². The second-order valence-corrected chi connectivity index (χ2v) is 3.82. The Kier molecular flexibility index (Phi) is 4.68. The summed E-state index contributed by atoms with van der Waals surface area (Å²) >= 11 is 5.95. The standard InChI is InChI=1S/C12H15ClO/c1-2-3-7-11(14)9-10-6-4-5-8-12(10)13/h4-6,8H,2-3,7,9H2,1H3. The van der Waals surface area contributed by atoms with Gasteiger partial charge in [0.05, 0.1) is 0 Å². The van der Waals surface area contributed by atoms with Gasteiger partial charge >= 0.3 is 0 Å². The smallest absolute Gasteiger partial charge is 0.137 e. The van der Waals surface area contributed by atoms with Crippen LogP contribution in [0.3, 0.4) is 0 Å². The average molecular weight is 211 g/mol. The van der Waals surface area contributed by atoms with Crippen molar-refractivity contribution < 1.29 is 4.79 Å². The van der Waals surface area contributed by atoms with Crippen molar-refractivity contribution in [3.05, 3.63) is 34.9 Å². The number of ketones is 1. The summed E-state index contributed by atoms with van der Waals surface area (Å²) in [4.78, 5) is 11.5. The zero-order valence-electron chi connectivity index (χ0n) is 8.42. The van der Waals surface area contributed by atoms with Crippen LogP contribution in [0, 0.1) is 0 Å². The van der Waals surface area contributed by atoms with E-state index in [1.54, 1.807) is 0 Å². The topological polar surface area (TPSA) is 17.1 Å². The summed E-state index contributed by atoms with van der Waals surface area (Å²) in [5.74, 6) is 0.278. The van der Waals surface area contributed by atoms with Gasteiger partial charge in [0, 0.05) is 17.9 Å². The summed E-state index contributed by atoms with van der Waals surface area (Å²) in [6, 6.07) is 7.52. The number of hydrogen-bond donors (Lipinski definition) is 0. The summed E-state index contributed by atoms with van der Waals surface area (Å²) in [6.07, 6.45) is 3.18. The van der Waals surface area contributed by atoms with Gasteiger partial charge in [0.25, 0.3) is 0 Å². The number of hydrogen-bond acceptors (Lipinski definition) is 1. The van der Waals surface area contributed by atoms with Crippen molar-refractivity contribution in [2.45, 2.75) is 32.6 Å². The molecule has 76 valence electrons. The first kappa shape index (κ1) is 11.3. The first-order valence-corrected chi connectivity index (χ1v) is 5.37. The SMILES string of the molecule is CCCCC(=O)Cc1ccccc1Cl. The lowest BCUT2D eigenvalue weighted by atomic mass is 10.1. The van der Waals surface area contributed by atoms with E-state index in [0.717, 1.165) is 18.4 Å². The lowest BCUT2D eigenvalue weighted by Gasteiger charge is -2.02. The maximum Gasteiger partial charge on any atom is 0.137 e. The normalized spacial score (nSPS) is 10.1. The first-order valence-electron chi connectivity index (χ1n) is 4.99. The highest BCUT2D eigenvalue weighted by atomic mass is 35.5. The molecule has 0 aliphatic rings. The van der Waals surface area contributed by atoms with Gasteiger partial charge in [-0.3, -0.25) is 4.79 Å². The van der Waals surface area contributed by atoms with E-state index in [-0.39, 0.29) is 5.78 Å². The lowest BCUT2D eigenvalue weighted by Crippen LogP contribution is -2.02. The van der Waals surface area contributed by atoms with E-state index in [2.05, 4.69) is 6.92 Å². The number of rotatable bonds is 5. The molecule has 1 nitrogen and oxygen atoms in total. The van der Waals surface area contributed by atoms with Crippen LogP contribution < -0.4 is 0 Å². The zero-order chi connectivity index (χ0) is 10.4. The van der Waals surface area contributed by atoms with Gasteiger partial charge in [0.2, 0.25) is 0 Å². The Bertz CT molecular complexity index is 307. The Balaban J connectivity index is 2.52. The molecular weight excluding hydrogens is 196 g/mol. The van der Waals surface area contributed by atoms with Crippen molar-refractivity contribution in [3.8, 4) is 0 Å². The number of carbonyl (C=O) groups is 1. The molecule has 0 aliphatic carbocycles. The quantitative estimate of drug-likeness (QED) is 0.725. The average Bonchev–Trinajstić information content (AvgIpc) is 2.18. The van der Waals surface area contributed by atoms with E-state index in [0.29, 0.717) is 17.9 Å². The second kappa shape index (κ2) is 5.82. The molecule has 0 fully saturated rings. The molecule has 0 unspecified atom stereocenters. The largest absolute Gasteiger partial charge is 0.299 e. The van der Waals surface area contributed by atoms with Crippen molar-refractivity contribution in [3.63, 3.8) is 0 Å². The summed E-state index contributed by atoms with van der Waals surface area (Å²) in [5.41, 5.74) is 0.940. The number of unbranched alkanes of at least 4 members (excludes halogenated alkanes) is 1. The molecule has 0 heterocycles. The molecule has 0 saturated carbocycles. The molecule has 0 spiro atoms. The van der Waals surface area contributed by atoms with Crippen LogP contribution in [-0.4, -0.2) is 5.78 Å². The van der Waals surface area contributed by atoms with Gasteiger partial charge in [-0.05, 0) is 18.1 Å². The summed E-state index contributed by atoms with van der Waals surface area (Å²) < 4.78 is 0. The van der Waals surface area contributed by atoms with Crippen LogP contribution in [0.5, 0.6) is 0 Å². The maximum absolute atomic E-state index is 11.5. The Morgan fingerprint density at radius 3 is 2.71 bits per heavy atom. The fraction of sp³-hybridized carbons (Fsp3) is 0.417. The van der Waals surface area contributed by atoms with Crippen LogP contribution in [0.25, 0.3) is 0 Å².